The van der Waals surface area contributed by atoms with Gasteiger partial charge in [-0.2, -0.15) is 0 Å². The molecule has 0 fully saturated rings. The predicted octanol–water partition coefficient (Wildman–Crippen LogP) is 4.37. The van der Waals surface area contributed by atoms with Crippen LogP contribution in [0, 0.1) is 5.41 Å². The van der Waals surface area contributed by atoms with Gasteiger partial charge in [-0.1, -0.05) is 57.7 Å². The van der Waals surface area contributed by atoms with E-state index < -0.39 is 0 Å². The molecule has 1 heteroatoms. The summed E-state index contributed by atoms with van der Waals surface area (Å²) in [5.41, 5.74) is 2.91. The summed E-state index contributed by atoms with van der Waals surface area (Å²) in [5.74, 6) is 0. The van der Waals surface area contributed by atoms with Gasteiger partial charge in [0.25, 0.3) is 0 Å². The highest BCUT2D eigenvalue weighted by Crippen LogP contribution is 2.32. The minimum atomic E-state index is 0.339. The number of rotatable bonds is 4. The maximum atomic E-state index is 3.79. The van der Waals surface area contributed by atoms with Gasteiger partial charge < -0.3 is 4.90 Å². The molecule has 0 aromatic heterocycles. The average Bonchev–Trinajstić information content (AvgIpc) is 2.25. The Balaban J connectivity index is 2.93. The molecule has 0 aliphatic carbocycles. The largest absolute Gasteiger partial charge is 0.302 e. The molecule has 0 N–H and O–H groups in total. The normalized spacial score (nSPS) is 13.8. The summed E-state index contributed by atoms with van der Waals surface area (Å²) in [5, 5.41) is 0. The Morgan fingerprint density at radius 2 is 1.71 bits per heavy atom. The monoisotopic (exact) mass is 231 g/mol. The summed E-state index contributed by atoms with van der Waals surface area (Å²) in [6.45, 7) is 10.7. The number of benzene rings is 1. The topological polar surface area (TPSA) is 3.24 Å². The molecule has 0 bridgehead atoms. The van der Waals surface area contributed by atoms with Crippen LogP contribution in [0.2, 0.25) is 0 Å². The Bertz CT molecular complexity index is 354. The SMILES string of the molecule is C=Cc1ccc(C(CC(C)(C)C)N(C)C)cc1. The molecule has 0 amide bonds. The van der Waals surface area contributed by atoms with E-state index in [4.69, 9.17) is 0 Å². The van der Waals surface area contributed by atoms with Crippen molar-refractivity contribution in [3.05, 3.63) is 42.0 Å². The van der Waals surface area contributed by atoms with Gasteiger partial charge in [-0.25, -0.2) is 0 Å². The summed E-state index contributed by atoms with van der Waals surface area (Å²) < 4.78 is 0. The number of hydrogen-bond acceptors (Lipinski definition) is 1. The van der Waals surface area contributed by atoms with Crippen LogP contribution in [-0.2, 0) is 0 Å². The van der Waals surface area contributed by atoms with Crippen molar-refractivity contribution in [2.24, 2.45) is 5.41 Å². The molecule has 0 radical (unpaired) electrons. The Labute approximate surface area is 106 Å². The molecule has 0 saturated carbocycles. The van der Waals surface area contributed by atoms with E-state index in [0.29, 0.717) is 11.5 Å². The van der Waals surface area contributed by atoms with E-state index in [9.17, 15) is 0 Å². The fourth-order valence-corrected chi connectivity index (χ4v) is 2.03. The molecule has 1 atom stereocenters. The van der Waals surface area contributed by atoms with Gasteiger partial charge in [-0.3, -0.25) is 0 Å². The van der Waals surface area contributed by atoms with Crippen molar-refractivity contribution in [3.8, 4) is 0 Å². The Hall–Kier alpha value is -1.08. The zero-order chi connectivity index (χ0) is 13.1. The molecular weight excluding hydrogens is 206 g/mol. The van der Waals surface area contributed by atoms with Crippen molar-refractivity contribution >= 4 is 6.08 Å². The van der Waals surface area contributed by atoms with Crippen LogP contribution in [0.4, 0.5) is 0 Å². The molecule has 1 unspecified atom stereocenters. The Kier molecular flexibility index (Phi) is 4.53. The summed E-state index contributed by atoms with van der Waals surface area (Å²) >= 11 is 0. The second-order valence-electron chi connectivity index (χ2n) is 6.11. The molecular formula is C16H25N. The fraction of sp³-hybridized carbons (Fsp3) is 0.500. The highest BCUT2D eigenvalue weighted by Gasteiger charge is 2.21. The Morgan fingerprint density at radius 3 is 2.06 bits per heavy atom. The predicted molar refractivity (Wildman–Crippen MR) is 77.0 cm³/mol. The van der Waals surface area contributed by atoms with Crippen molar-refractivity contribution in [2.75, 3.05) is 14.1 Å². The van der Waals surface area contributed by atoms with Crippen molar-refractivity contribution in [1.29, 1.82) is 0 Å². The van der Waals surface area contributed by atoms with Gasteiger partial charge in [0, 0.05) is 6.04 Å². The first-order valence-corrected chi connectivity index (χ1v) is 6.22. The van der Waals surface area contributed by atoms with Gasteiger partial charge >= 0.3 is 0 Å². The van der Waals surface area contributed by atoms with Gasteiger partial charge in [-0.15, -0.1) is 0 Å². The van der Waals surface area contributed by atoms with Crippen LogP contribution in [0.15, 0.2) is 30.8 Å². The smallest absolute Gasteiger partial charge is 0.0347 e. The lowest BCUT2D eigenvalue weighted by atomic mass is 9.85. The van der Waals surface area contributed by atoms with Crippen LogP contribution < -0.4 is 0 Å². The molecule has 1 rings (SSSR count). The van der Waals surface area contributed by atoms with Crippen LogP contribution in [-0.4, -0.2) is 19.0 Å². The number of hydrogen-bond donors (Lipinski definition) is 0. The first-order valence-electron chi connectivity index (χ1n) is 6.22. The molecule has 1 nitrogen and oxygen atoms in total. The van der Waals surface area contributed by atoms with Gasteiger partial charge in [-0.05, 0) is 37.1 Å². The third kappa shape index (κ3) is 4.35. The highest BCUT2D eigenvalue weighted by molar-refractivity contribution is 5.47. The van der Waals surface area contributed by atoms with E-state index in [1.807, 2.05) is 6.08 Å². The lowest BCUT2D eigenvalue weighted by Crippen LogP contribution is -2.24. The second kappa shape index (κ2) is 5.50. The molecule has 94 valence electrons. The summed E-state index contributed by atoms with van der Waals surface area (Å²) in [6, 6.07) is 9.19. The van der Waals surface area contributed by atoms with Gasteiger partial charge in [0.15, 0.2) is 0 Å². The van der Waals surface area contributed by atoms with Crippen LogP contribution in [0.3, 0.4) is 0 Å². The van der Waals surface area contributed by atoms with Crippen LogP contribution in [0.25, 0.3) is 6.08 Å². The van der Waals surface area contributed by atoms with E-state index in [1.54, 1.807) is 0 Å². The van der Waals surface area contributed by atoms with Crippen LogP contribution in [0.1, 0.15) is 44.4 Å². The lowest BCUT2D eigenvalue weighted by Gasteiger charge is -2.31. The van der Waals surface area contributed by atoms with E-state index in [0.717, 1.165) is 6.42 Å². The molecule has 0 spiro atoms. The minimum Gasteiger partial charge on any atom is -0.302 e. The van der Waals surface area contributed by atoms with E-state index in [1.165, 1.54) is 11.1 Å². The van der Waals surface area contributed by atoms with Gasteiger partial charge in [0.2, 0.25) is 0 Å². The quantitative estimate of drug-likeness (QED) is 0.744. The molecule has 1 aromatic carbocycles. The van der Waals surface area contributed by atoms with Crippen molar-refractivity contribution < 1.29 is 0 Å². The third-order valence-corrected chi connectivity index (χ3v) is 2.99. The number of nitrogens with zero attached hydrogens (tertiary/aromatic N) is 1. The summed E-state index contributed by atoms with van der Waals surface area (Å²) in [6.07, 6.45) is 3.05. The first kappa shape index (κ1) is 14.0. The summed E-state index contributed by atoms with van der Waals surface area (Å²) in [4.78, 5) is 2.30. The van der Waals surface area contributed by atoms with Crippen LogP contribution in [0.5, 0.6) is 0 Å². The van der Waals surface area contributed by atoms with Gasteiger partial charge in [0.05, 0.1) is 0 Å². The zero-order valence-corrected chi connectivity index (χ0v) is 11.8. The maximum absolute atomic E-state index is 3.79. The van der Waals surface area contributed by atoms with Crippen LogP contribution >= 0.6 is 0 Å². The lowest BCUT2D eigenvalue weighted by molar-refractivity contribution is 0.211. The van der Waals surface area contributed by atoms with Crippen molar-refractivity contribution in [1.82, 2.24) is 4.90 Å². The molecule has 17 heavy (non-hydrogen) atoms. The highest BCUT2D eigenvalue weighted by atomic mass is 15.1. The molecule has 0 heterocycles. The van der Waals surface area contributed by atoms with Gasteiger partial charge in [0.1, 0.15) is 0 Å². The zero-order valence-electron chi connectivity index (χ0n) is 11.8. The molecule has 0 saturated heterocycles. The van der Waals surface area contributed by atoms with E-state index >= 15 is 0 Å². The minimum absolute atomic E-state index is 0.339. The maximum Gasteiger partial charge on any atom is 0.0347 e. The average molecular weight is 231 g/mol. The standard InChI is InChI=1S/C16H25N/c1-7-13-8-10-14(11-9-13)15(17(5)6)12-16(2,3)4/h7-11,15H,1,12H2,2-6H3. The van der Waals surface area contributed by atoms with Crippen molar-refractivity contribution in [2.45, 2.75) is 33.2 Å². The second-order valence-corrected chi connectivity index (χ2v) is 6.11. The van der Waals surface area contributed by atoms with Crippen molar-refractivity contribution in [3.63, 3.8) is 0 Å². The first-order chi connectivity index (χ1) is 7.83. The van der Waals surface area contributed by atoms with E-state index in [2.05, 4.69) is 70.6 Å². The fourth-order valence-electron chi connectivity index (χ4n) is 2.03. The molecule has 1 aromatic rings. The van der Waals surface area contributed by atoms with E-state index in [-0.39, 0.29) is 0 Å². The summed E-state index contributed by atoms with van der Waals surface area (Å²) in [7, 11) is 4.30. The Morgan fingerprint density at radius 1 is 1.18 bits per heavy atom. The third-order valence-electron chi connectivity index (χ3n) is 2.99. The molecule has 0 aliphatic rings. The molecule has 0 aliphatic heterocycles.